The fraction of sp³-hybridized carbons (Fsp3) is 0.500. The number of methoxy groups -OCH3 is 1. The highest BCUT2D eigenvalue weighted by Gasteiger charge is 2.20. The molecule has 1 aromatic carbocycles. The number of aliphatic carboxylic acids is 1. The summed E-state index contributed by atoms with van der Waals surface area (Å²) in [6, 6.07) is 6.11. The number of ether oxygens (including phenoxy) is 1. The fourth-order valence-corrected chi connectivity index (χ4v) is 2.12. The molecule has 7 heteroatoms. The van der Waals surface area contributed by atoms with Crippen LogP contribution < -0.4 is 10.6 Å². The standard InChI is InChI=1S/C18H26N2O5/c1-18(2,3)13-7-5-12(6-8-13)16(22)19-11-15(21)20-14(17(23)24)9-10-25-4/h5-8,14H,9-11H2,1-4H3,(H,19,22)(H,20,21)(H,23,24). The molecule has 1 aromatic rings. The van der Waals surface area contributed by atoms with Crippen LogP contribution in [-0.4, -0.2) is 49.2 Å². The normalized spacial score (nSPS) is 12.3. The number of hydrogen-bond acceptors (Lipinski definition) is 4. The second-order valence-corrected chi connectivity index (χ2v) is 6.75. The van der Waals surface area contributed by atoms with Crippen molar-refractivity contribution in [2.75, 3.05) is 20.3 Å². The van der Waals surface area contributed by atoms with Crippen LogP contribution >= 0.6 is 0 Å². The molecule has 3 N–H and O–H groups in total. The van der Waals surface area contributed by atoms with Gasteiger partial charge < -0.3 is 20.5 Å². The second kappa shape index (κ2) is 9.17. The van der Waals surface area contributed by atoms with Gasteiger partial charge in [-0.15, -0.1) is 0 Å². The zero-order valence-corrected chi connectivity index (χ0v) is 15.1. The van der Waals surface area contributed by atoms with Crippen LogP contribution in [0.4, 0.5) is 0 Å². The van der Waals surface area contributed by atoms with Gasteiger partial charge in [-0.3, -0.25) is 9.59 Å². The van der Waals surface area contributed by atoms with Crippen LogP contribution in [0.15, 0.2) is 24.3 Å². The average molecular weight is 350 g/mol. The molecule has 0 aliphatic rings. The van der Waals surface area contributed by atoms with Crippen LogP contribution in [0.1, 0.15) is 43.1 Å². The Kier molecular flexibility index (Phi) is 7.57. The van der Waals surface area contributed by atoms with Crippen molar-refractivity contribution < 1.29 is 24.2 Å². The molecule has 1 atom stereocenters. The van der Waals surface area contributed by atoms with Crippen molar-refractivity contribution in [3.8, 4) is 0 Å². The number of carboxylic acids is 1. The van der Waals surface area contributed by atoms with Crippen molar-refractivity contribution in [1.82, 2.24) is 10.6 Å². The summed E-state index contributed by atoms with van der Waals surface area (Å²) in [5.41, 5.74) is 1.53. The Balaban J connectivity index is 2.55. The predicted octanol–water partition coefficient (Wildman–Crippen LogP) is 1.32. The van der Waals surface area contributed by atoms with Crippen molar-refractivity contribution in [2.24, 2.45) is 0 Å². The summed E-state index contributed by atoms with van der Waals surface area (Å²) in [4.78, 5) is 34.9. The lowest BCUT2D eigenvalue weighted by molar-refractivity contribution is -0.142. The third kappa shape index (κ3) is 6.93. The Bertz CT molecular complexity index is 605. The van der Waals surface area contributed by atoms with Gasteiger partial charge >= 0.3 is 5.97 Å². The van der Waals surface area contributed by atoms with Crippen LogP contribution in [0.3, 0.4) is 0 Å². The third-order valence-corrected chi connectivity index (χ3v) is 3.67. The molecule has 1 unspecified atom stereocenters. The number of carbonyl (C=O) groups is 3. The number of carboxylic acid groups (broad SMARTS) is 1. The van der Waals surface area contributed by atoms with Gasteiger partial charge in [0.1, 0.15) is 6.04 Å². The number of rotatable bonds is 8. The fourth-order valence-electron chi connectivity index (χ4n) is 2.12. The van der Waals surface area contributed by atoms with E-state index in [2.05, 4.69) is 31.4 Å². The molecule has 0 spiro atoms. The maximum Gasteiger partial charge on any atom is 0.326 e. The summed E-state index contributed by atoms with van der Waals surface area (Å²) in [5, 5.41) is 13.9. The predicted molar refractivity (Wildman–Crippen MR) is 93.5 cm³/mol. The van der Waals surface area contributed by atoms with E-state index < -0.39 is 17.9 Å². The average Bonchev–Trinajstić information content (AvgIpc) is 2.55. The number of hydrogen-bond donors (Lipinski definition) is 3. The molecule has 0 heterocycles. The molecule has 2 amide bonds. The molecule has 1 rings (SSSR count). The van der Waals surface area contributed by atoms with Crippen LogP contribution in [0, 0.1) is 0 Å². The van der Waals surface area contributed by atoms with Crippen LogP contribution in [0.2, 0.25) is 0 Å². The summed E-state index contributed by atoms with van der Waals surface area (Å²) >= 11 is 0. The van der Waals surface area contributed by atoms with Crippen molar-refractivity contribution in [3.05, 3.63) is 35.4 Å². The lowest BCUT2D eigenvalue weighted by atomic mass is 9.87. The van der Waals surface area contributed by atoms with E-state index in [0.29, 0.717) is 5.56 Å². The number of nitrogens with one attached hydrogen (secondary N) is 2. The van der Waals surface area contributed by atoms with Gasteiger partial charge in [0.15, 0.2) is 0 Å². The lowest BCUT2D eigenvalue weighted by Gasteiger charge is -2.19. The smallest absolute Gasteiger partial charge is 0.326 e. The quantitative estimate of drug-likeness (QED) is 0.656. The van der Waals surface area contributed by atoms with Crippen molar-refractivity contribution in [2.45, 2.75) is 38.6 Å². The van der Waals surface area contributed by atoms with Crippen LogP contribution in [0.5, 0.6) is 0 Å². The van der Waals surface area contributed by atoms with Gasteiger partial charge in [0.2, 0.25) is 5.91 Å². The molecular weight excluding hydrogens is 324 g/mol. The SMILES string of the molecule is COCCC(NC(=O)CNC(=O)c1ccc(C(C)(C)C)cc1)C(=O)O. The van der Waals surface area contributed by atoms with Gasteiger partial charge in [-0.25, -0.2) is 4.79 Å². The van der Waals surface area contributed by atoms with Gasteiger partial charge in [0.25, 0.3) is 5.91 Å². The number of benzene rings is 1. The first-order chi connectivity index (χ1) is 11.6. The molecule has 0 aliphatic carbocycles. The van der Waals surface area contributed by atoms with E-state index >= 15 is 0 Å². The van der Waals surface area contributed by atoms with Crippen molar-refractivity contribution in [1.29, 1.82) is 0 Å². The van der Waals surface area contributed by atoms with E-state index in [4.69, 9.17) is 9.84 Å². The summed E-state index contributed by atoms with van der Waals surface area (Å²) in [6.07, 6.45) is 0.153. The third-order valence-electron chi connectivity index (χ3n) is 3.67. The molecule has 0 fully saturated rings. The van der Waals surface area contributed by atoms with Gasteiger partial charge in [0, 0.05) is 25.7 Å². The minimum Gasteiger partial charge on any atom is -0.480 e. The van der Waals surface area contributed by atoms with E-state index in [-0.39, 0.29) is 30.9 Å². The summed E-state index contributed by atoms with van der Waals surface area (Å²) in [5.74, 6) is -2.10. The Hall–Kier alpha value is -2.41. The van der Waals surface area contributed by atoms with E-state index in [0.717, 1.165) is 5.56 Å². The van der Waals surface area contributed by atoms with Crippen LogP contribution in [0.25, 0.3) is 0 Å². The Morgan fingerprint density at radius 1 is 1.16 bits per heavy atom. The number of carbonyl (C=O) groups excluding carboxylic acids is 2. The highest BCUT2D eigenvalue weighted by molar-refractivity contribution is 5.96. The lowest BCUT2D eigenvalue weighted by Crippen LogP contribution is -2.46. The Morgan fingerprint density at radius 2 is 1.76 bits per heavy atom. The maximum absolute atomic E-state index is 12.1. The Labute approximate surface area is 147 Å². The minimum absolute atomic E-state index is 0.0110. The molecule has 25 heavy (non-hydrogen) atoms. The Morgan fingerprint density at radius 3 is 2.24 bits per heavy atom. The van der Waals surface area contributed by atoms with E-state index in [9.17, 15) is 14.4 Å². The second-order valence-electron chi connectivity index (χ2n) is 6.75. The minimum atomic E-state index is -1.14. The topological polar surface area (TPSA) is 105 Å². The van der Waals surface area contributed by atoms with Gasteiger partial charge in [-0.05, 0) is 23.1 Å². The molecule has 0 saturated carbocycles. The zero-order valence-electron chi connectivity index (χ0n) is 15.1. The molecule has 0 saturated heterocycles. The van der Waals surface area contributed by atoms with Crippen molar-refractivity contribution in [3.63, 3.8) is 0 Å². The maximum atomic E-state index is 12.1. The van der Waals surface area contributed by atoms with Crippen molar-refractivity contribution >= 4 is 17.8 Å². The molecule has 0 aromatic heterocycles. The van der Waals surface area contributed by atoms with Crippen LogP contribution in [-0.2, 0) is 19.7 Å². The summed E-state index contributed by atoms with van der Waals surface area (Å²) in [7, 11) is 1.45. The molecule has 7 nitrogen and oxygen atoms in total. The molecule has 138 valence electrons. The van der Waals surface area contributed by atoms with E-state index in [1.807, 2.05) is 12.1 Å². The van der Waals surface area contributed by atoms with E-state index in [1.165, 1.54) is 7.11 Å². The largest absolute Gasteiger partial charge is 0.480 e. The summed E-state index contributed by atoms with van der Waals surface area (Å²) < 4.78 is 4.81. The molecule has 0 aliphatic heterocycles. The zero-order chi connectivity index (χ0) is 19.0. The van der Waals surface area contributed by atoms with Gasteiger partial charge in [-0.1, -0.05) is 32.9 Å². The first-order valence-corrected chi connectivity index (χ1v) is 8.05. The highest BCUT2D eigenvalue weighted by Crippen LogP contribution is 2.22. The molecule has 0 bridgehead atoms. The van der Waals surface area contributed by atoms with E-state index in [1.54, 1.807) is 12.1 Å². The summed E-state index contributed by atoms with van der Waals surface area (Å²) in [6.45, 7) is 6.15. The molecular formula is C18H26N2O5. The molecule has 0 radical (unpaired) electrons. The monoisotopic (exact) mass is 350 g/mol. The van der Waals surface area contributed by atoms with Gasteiger partial charge in [0.05, 0.1) is 6.54 Å². The number of amides is 2. The first-order valence-electron chi connectivity index (χ1n) is 8.05. The van der Waals surface area contributed by atoms with Gasteiger partial charge in [-0.2, -0.15) is 0 Å². The first kappa shape index (κ1) is 20.6. The highest BCUT2D eigenvalue weighted by atomic mass is 16.5.